The van der Waals surface area contributed by atoms with Crippen LogP contribution in [0.15, 0.2) is 10.5 Å². The number of ketones is 1. The van der Waals surface area contributed by atoms with Crippen LogP contribution in [0.4, 0.5) is 0 Å². The van der Waals surface area contributed by atoms with Gasteiger partial charge < -0.3 is 0 Å². The van der Waals surface area contributed by atoms with E-state index in [4.69, 9.17) is 0 Å². The van der Waals surface area contributed by atoms with Crippen LogP contribution < -0.4 is 0 Å². The number of halogens is 1. The van der Waals surface area contributed by atoms with Crippen LogP contribution in [0.5, 0.6) is 0 Å². The Morgan fingerprint density at radius 1 is 1.40 bits per heavy atom. The molecule has 1 aromatic rings. The average Bonchev–Trinajstić information content (AvgIpc) is 2.58. The Balaban J connectivity index is 2.16. The Labute approximate surface area is 103 Å². The second-order valence-electron chi connectivity index (χ2n) is 4.23. The minimum absolute atomic E-state index is 0.285. The number of Topliss-reactive ketones (excluding diaryl/α,β-unsaturated/α-hetero) is 1. The predicted molar refractivity (Wildman–Crippen MR) is 67.7 cm³/mol. The molecule has 0 saturated heterocycles. The molecule has 0 spiro atoms. The molecule has 3 heteroatoms. The molecule has 1 aliphatic carbocycles. The van der Waals surface area contributed by atoms with E-state index in [1.54, 1.807) is 11.3 Å². The van der Waals surface area contributed by atoms with Gasteiger partial charge >= 0.3 is 0 Å². The highest BCUT2D eigenvalue weighted by atomic mass is 79.9. The van der Waals surface area contributed by atoms with Crippen molar-refractivity contribution in [1.29, 1.82) is 0 Å². The molecule has 2 rings (SSSR count). The van der Waals surface area contributed by atoms with Crippen molar-refractivity contribution in [3.8, 4) is 0 Å². The van der Waals surface area contributed by atoms with E-state index in [9.17, 15) is 4.79 Å². The first-order valence-electron chi connectivity index (χ1n) is 5.48. The highest BCUT2D eigenvalue weighted by Crippen LogP contribution is 2.33. The second kappa shape index (κ2) is 4.79. The summed E-state index contributed by atoms with van der Waals surface area (Å²) in [7, 11) is 0. The van der Waals surface area contributed by atoms with Gasteiger partial charge in [-0.25, -0.2) is 0 Å². The van der Waals surface area contributed by atoms with E-state index in [2.05, 4.69) is 15.9 Å². The summed E-state index contributed by atoms with van der Waals surface area (Å²) in [6.45, 7) is 2.05. The molecular weight excluding hydrogens is 272 g/mol. The van der Waals surface area contributed by atoms with Gasteiger partial charge in [0, 0.05) is 15.3 Å². The van der Waals surface area contributed by atoms with E-state index >= 15 is 0 Å². The molecule has 82 valence electrons. The van der Waals surface area contributed by atoms with Crippen LogP contribution >= 0.6 is 27.3 Å². The first-order chi connectivity index (χ1) is 7.18. The molecule has 0 amide bonds. The quantitative estimate of drug-likeness (QED) is 0.727. The minimum Gasteiger partial charge on any atom is -0.293 e. The second-order valence-corrected chi connectivity index (χ2v) is 6.34. The van der Waals surface area contributed by atoms with E-state index in [-0.39, 0.29) is 5.92 Å². The summed E-state index contributed by atoms with van der Waals surface area (Å²) < 4.78 is 0.987. The van der Waals surface area contributed by atoms with E-state index in [1.165, 1.54) is 24.1 Å². The first kappa shape index (κ1) is 11.3. The third-order valence-corrected chi connectivity index (χ3v) is 4.96. The first-order valence-corrected chi connectivity index (χ1v) is 7.09. The topological polar surface area (TPSA) is 17.1 Å². The largest absolute Gasteiger partial charge is 0.293 e. The van der Waals surface area contributed by atoms with Gasteiger partial charge in [0.15, 0.2) is 5.78 Å². The van der Waals surface area contributed by atoms with Gasteiger partial charge in [-0.1, -0.05) is 19.3 Å². The van der Waals surface area contributed by atoms with Crippen LogP contribution in [-0.2, 0) is 0 Å². The maximum absolute atomic E-state index is 12.2. The molecule has 0 radical (unpaired) electrons. The summed E-state index contributed by atoms with van der Waals surface area (Å²) in [6.07, 6.45) is 5.91. The molecule has 0 aromatic carbocycles. The van der Waals surface area contributed by atoms with Gasteiger partial charge in [0.2, 0.25) is 0 Å². The lowest BCUT2D eigenvalue weighted by Gasteiger charge is -2.19. The molecule has 1 aliphatic rings. The Bertz CT molecular complexity index is 364. The standard InChI is InChI=1S/C12H15BrOS/c1-8-7-10(13)12(15-8)11(14)9-5-3-2-4-6-9/h7,9H,2-6H2,1H3. The summed E-state index contributed by atoms with van der Waals surface area (Å²) in [4.78, 5) is 14.4. The molecule has 0 N–H and O–H groups in total. The normalized spacial score (nSPS) is 18.0. The van der Waals surface area contributed by atoms with Gasteiger partial charge in [-0.3, -0.25) is 4.79 Å². The highest BCUT2D eigenvalue weighted by molar-refractivity contribution is 9.10. The Kier molecular flexibility index (Phi) is 3.62. The van der Waals surface area contributed by atoms with E-state index in [0.29, 0.717) is 5.78 Å². The average molecular weight is 287 g/mol. The molecular formula is C12H15BrOS. The summed E-state index contributed by atoms with van der Waals surface area (Å²) in [5, 5.41) is 0. The molecule has 0 aliphatic heterocycles. The molecule has 0 atom stereocenters. The smallest absolute Gasteiger partial charge is 0.177 e. The van der Waals surface area contributed by atoms with Crippen LogP contribution in [0.1, 0.15) is 46.7 Å². The lowest BCUT2D eigenvalue weighted by molar-refractivity contribution is 0.0893. The number of thiophene rings is 1. The maximum atomic E-state index is 12.2. The van der Waals surface area contributed by atoms with Crippen molar-refractivity contribution in [3.63, 3.8) is 0 Å². The van der Waals surface area contributed by atoms with Crippen LogP contribution in [0.25, 0.3) is 0 Å². The molecule has 1 aromatic heterocycles. The Morgan fingerprint density at radius 2 is 2.07 bits per heavy atom. The number of carbonyl (C=O) groups is 1. The molecule has 1 saturated carbocycles. The molecule has 1 fully saturated rings. The van der Waals surface area contributed by atoms with Crippen molar-refractivity contribution < 1.29 is 4.79 Å². The van der Waals surface area contributed by atoms with Crippen LogP contribution in [0, 0.1) is 12.8 Å². The van der Waals surface area contributed by atoms with Gasteiger partial charge in [-0.15, -0.1) is 11.3 Å². The lowest BCUT2D eigenvalue weighted by atomic mass is 9.86. The maximum Gasteiger partial charge on any atom is 0.177 e. The summed E-state index contributed by atoms with van der Waals surface area (Å²) in [5.74, 6) is 0.646. The zero-order valence-corrected chi connectivity index (χ0v) is 11.3. The van der Waals surface area contributed by atoms with Gasteiger partial charge in [-0.05, 0) is 41.8 Å². The SMILES string of the molecule is Cc1cc(Br)c(C(=O)C2CCCCC2)s1. The molecule has 15 heavy (non-hydrogen) atoms. The summed E-state index contributed by atoms with van der Waals surface area (Å²) in [5.41, 5.74) is 0. The molecule has 1 heterocycles. The third-order valence-electron chi connectivity index (χ3n) is 3.01. The van der Waals surface area contributed by atoms with Gasteiger partial charge in [-0.2, -0.15) is 0 Å². The van der Waals surface area contributed by atoms with Crippen molar-refractivity contribution in [2.24, 2.45) is 5.92 Å². The zero-order valence-electron chi connectivity index (χ0n) is 8.88. The van der Waals surface area contributed by atoms with Crippen molar-refractivity contribution in [3.05, 3.63) is 20.3 Å². The van der Waals surface area contributed by atoms with E-state index in [0.717, 1.165) is 22.2 Å². The van der Waals surface area contributed by atoms with Crippen molar-refractivity contribution in [1.82, 2.24) is 0 Å². The third kappa shape index (κ3) is 2.51. The molecule has 0 bridgehead atoms. The number of rotatable bonds is 2. The lowest BCUT2D eigenvalue weighted by Crippen LogP contribution is -2.17. The van der Waals surface area contributed by atoms with E-state index in [1.807, 2.05) is 13.0 Å². The fraction of sp³-hybridized carbons (Fsp3) is 0.583. The number of carbonyl (C=O) groups excluding carboxylic acids is 1. The van der Waals surface area contributed by atoms with Crippen molar-refractivity contribution in [2.75, 3.05) is 0 Å². The van der Waals surface area contributed by atoms with Crippen molar-refractivity contribution in [2.45, 2.75) is 39.0 Å². The predicted octanol–water partition coefficient (Wildman–Crippen LogP) is 4.58. The van der Waals surface area contributed by atoms with Crippen molar-refractivity contribution >= 4 is 33.0 Å². The number of hydrogen-bond acceptors (Lipinski definition) is 2. The minimum atomic E-state index is 0.285. The van der Waals surface area contributed by atoms with E-state index < -0.39 is 0 Å². The number of aryl methyl sites for hydroxylation is 1. The van der Waals surface area contributed by atoms with Gasteiger partial charge in [0.25, 0.3) is 0 Å². The number of hydrogen-bond donors (Lipinski definition) is 0. The van der Waals surface area contributed by atoms with Crippen LogP contribution in [0.2, 0.25) is 0 Å². The molecule has 1 nitrogen and oxygen atoms in total. The monoisotopic (exact) mass is 286 g/mol. The highest BCUT2D eigenvalue weighted by Gasteiger charge is 2.25. The fourth-order valence-corrected chi connectivity index (χ4v) is 4.06. The van der Waals surface area contributed by atoms with Crippen LogP contribution in [-0.4, -0.2) is 5.78 Å². The van der Waals surface area contributed by atoms with Crippen LogP contribution in [0.3, 0.4) is 0 Å². The summed E-state index contributed by atoms with van der Waals surface area (Å²) >= 11 is 5.09. The molecule has 0 unspecified atom stereocenters. The van der Waals surface area contributed by atoms with Gasteiger partial charge in [0.05, 0.1) is 4.88 Å². The fourth-order valence-electron chi connectivity index (χ4n) is 2.20. The zero-order chi connectivity index (χ0) is 10.8. The van der Waals surface area contributed by atoms with Gasteiger partial charge in [0.1, 0.15) is 0 Å². The Hall–Kier alpha value is -0.150. The Morgan fingerprint density at radius 3 is 2.60 bits per heavy atom. The summed E-state index contributed by atoms with van der Waals surface area (Å²) in [6, 6.07) is 2.04.